The second kappa shape index (κ2) is 12.5. The Morgan fingerprint density at radius 1 is 0.897 bits per heavy atom. The van der Waals surface area contributed by atoms with Crippen molar-refractivity contribution in [1.29, 1.82) is 0 Å². The lowest BCUT2D eigenvalue weighted by Gasteiger charge is -2.36. The monoisotopic (exact) mass is 551 g/mol. The van der Waals surface area contributed by atoms with Gasteiger partial charge in [-0.3, -0.25) is 14.4 Å². The Labute approximate surface area is 235 Å². The van der Waals surface area contributed by atoms with Gasteiger partial charge in [-0.15, -0.1) is 0 Å². The lowest BCUT2D eigenvalue weighted by Crippen LogP contribution is -2.56. The van der Waals surface area contributed by atoms with Crippen LogP contribution < -0.4 is 10.6 Å². The van der Waals surface area contributed by atoms with E-state index in [-0.39, 0.29) is 24.1 Å². The van der Waals surface area contributed by atoms with Crippen LogP contribution in [-0.2, 0) is 9.59 Å². The SMILES string of the molecule is CN1CCN(C(=O)[C@H](CC(=O)N2CCC(N[C@@H]3C[C@H]3c3ccccc3)CC2)NC(=O)c2ccc(Cl)cc2)CC1. The van der Waals surface area contributed by atoms with Gasteiger partial charge < -0.3 is 25.3 Å². The van der Waals surface area contributed by atoms with Crippen LogP contribution in [0.1, 0.15) is 47.5 Å². The van der Waals surface area contributed by atoms with Crippen molar-refractivity contribution in [3.05, 3.63) is 70.7 Å². The van der Waals surface area contributed by atoms with Crippen molar-refractivity contribution in [3.63, 3.8) is 0 Å². The zero-order valence-electron chi connectivity index (χ0n) is 22.5. The van der Waals surface area contributed by atoms with Crippen molar-refractivity contribution >= 4 is 29.3 Å². The number of nitrogens with one attached hydrogen (secondary N) is 2. The molecule has 3 atom stereocenters. The topological polar surface area (TPSA) is 85.0 Å². The minimum absolute atomic E-state index is 0.0404. The highest BCUT2D eigenvalue weighted by atomic mass is 35.5. The van der Waals surface area contributed by atoms with E-state index in [9.17, 15) is 14.4 Å². The highest BCUT2D eigenvalue weighted by molar-refractivity contribution is 6.30. The first-order valence-corrected chi connectivity index (χ1v) is 14.4. The first-order valence-electron chi connectivity index (χ1n) is 14.0. The number of nitrogens with zero attached hydrogens (tertiary/aromatic N) is 3. The summed E-state index contributed by atoms with van der Waals surface area (Å²) < 4.78 is 0. The maximum Gasteiger partial charge on any atom is 0.251 e. The Morgan fingerprint density at radius 3 is 2.23 bits per heavy atom. The Kier molecular flexibility index (Phi) is 8.85. The minimum atomic E-state index is -0.905. The Hall–Kier alpha value is -2.94. The van der Waals surface area contributed by atoms with Crippen LogP contribution in [0.2, 0.25) is 5.02 Å². The van der Waals surface area contributed by atoms with Crippen molar-refractivity contribution in [1.82, 2.24) is 25.3 Å². The van der Waals surface area contributed by atoms with Crippen LogP contribution in [0, 0.1) is 0 Å². The molecule has 0 aromatic heterocycles. The van der Waals surface area contributed by atoms with Gasteiger partial charge in [-0.2, -0.15) is 0 Å². The van der Waals surface area contributed by atoms with Gasteiger partial charge in [-0.1, -0.05) is 41.9 Å². The van der Waals surface area contributed by atoms with E-state index in [1.165, 1.54) is 5.56 Å². The van der Waals surface area contributed by atoms with Crippen LogP contribution in [0.3, 0.4) is 0 Å². The lowest BCUT2D eigenvalue weighted by atomic mass is 10.0. The number of piperidine rings is 1. The number of likely N-dealkylation sites (tertiary alicyclic amines) is 1. The quantitative estimate of drug-likeness (QED) is 0.527. The standard InChI is InChI=1S/C30H38ClN5O3/c1-34-15-17-36(18-16-34)30(39)27(33-29(38)22-7-9-23(31)10-8-22)20-28(37)35-13-11-24(12-14-35)32-26-19-25(26)21-5-3-2-4-6-21/h2-10,24-27,32H,11-20H2,1H3,(H,33,38)/t25-,26+,27-/m0/s1. The van der Waals surface area contributed by atoms with E-state index < -0.39 is 6.04 Å². The molecule has 5 rings (SSSR count). The molecule has 39 heavy (non-hydrogen) atoms. The highest BCUT2D eigenvalue weighted by Gasteiger charge is 2.40. The van der Waals surface area contributed by atoms with Gasteiger partial charge in [0.2, 0.25) is 11.8 Å². The van der Waals surface area contributed by atoms with Gasteiger partial charge in [-0.05, 0) is 56.1 Å². The molecule has 0 bridgehead atoms. The van der Waals surface area contributed by atoms with Gasteiger partial charge in [0.1, 0.15) is 6.04 Å². The van der Waals surface area contributed by atoms with E-state index in [0.29, 0.717) is 54.8 Å². The molecule has 2 saturated heterocycles. The van der Waals surface area contributed by atoms with E-state index in [4.69, 9.17) is 11.6 Å². The van der Waals surface area contributed by atoms with Gasteiger partial charge in [0, 0.05) is 67.9 Å². The molecule has 208 valence electrons. The van der Waals surface area contributed by atoms with Crippen molar-refractivity contribution in [2.24, 2.45) is 0 Å². The van der Waals surface area contributed by atoms with Gasteiger partial charge >= 0.3 is 0 Å². The Morgan fingerprint density at radius 2 is 1.56 bits per heavy atom. The van der Waals surface area contributed by atoms with Crippen LogP contribution in [0.25, 0.3) is 0 Å². The minimum Gasteiger partial charge on any atom is -0.343 e. The molecule has 2 heterocycles. The van der Waals surface area contributed by atoms with Gasteiger partial charge in [0.05, 0.1) is 6.42 Å². The molecule has 3 amide bonds. The van der Waals surface area contributed by atoms with Crippen molar-refractivity contribution in [2.45, 2.75) is 49.7 Å². The number of amides is 3. The number of piperazine rings is 1. The van der Waals surface area contributed by atoms with Gasteiger partial charge in [-0.25, -0.2) is 0 Å². The Balaban J connectivity index is 1.16. The predicted octanol–water partition coefficient (Wildman–Crippen LogP) is 2.74. The summed E-state index contributed by atoms with van der Waals surface area (Å²) in [5.74, 6) is -0.0920. The fourth-order valence-corrected chi connectivity index (χ4v) is 5.77. The molecule has 2 aliphatic heterocycles. The van der Waals surface area contributed by atoms with E-state index in [0.717, 1.165) is 32.4 Å². The third kappa shape index (κ3) is 7.18. The molecule has 0 unspecified atom stereocenters. The fourth-order valence-electron chi connectivity index (χ4n) is 5.64. The molecular formula is C30H38ClN5O3. The van der Waals surface area contributed by atoms with Crippen molar-refractivity contribution in [2.75, 3.05) is 46.3 Å². The zero-order valence-corrected chi connectivity index (χ0v) is 23.3. The first kappa shape index (κ1) is 27.6. The predicted molar refractivity (Wildman–Crippen MR) is 152 cm³/mol. The van der Waals surface area contributed by atoms with E-state index in [1.54, 1.807) is 29.2 Å². The average molecular weight is 552 g/mol. The van der Waals surface area contributed by atoms with E-state index >= 15 is 0 Å². The van der Waals surface area contributed by atoms with Crippen LogP contribution in [0.5, 0.6) is 0 Å². The summed E-state index contributed by atoms with van der Waals surface area (Å²) in [4.78, 5) is 45.6. The van der Waals surface area contributed by atoms with Gasteiger partial charge in [0.25, 0.3) is 5.91 Å². The number of hydrogen-bond acceptors (Lipinski definition) is 5. The molecule has 1 aliphatic carbocycles. The fraction of sp³-hybridized carbons (Fsp3) is 0.500. The largest absolute Gasteiger partial charge is 0.343 e. The number of likely N-dealkylation sites (N-methyl/N-ethyl adjacent to an activating group) is 1. The van der Waals surface area contributed by atoms with Crippen LogP contribution in [-0.4, -0.2) is 96.9 Å². The summed E-state index contributed by atoms with van der Waals surface area (Å²) in [6, 6.07) is 17.1. The third-order valence-corrected chi connectivity index (χ3v) is 8.47. The number of hydrogen-bond donors (Lipinski definition) is 2. The first-order chi connectivity index (χ1) is 18.9. The highest BCUT2D eigenvalue weighted by Crippen LogP contribution is 2.41. The molecule has 0 radical (unpaired) electrons. The van der Waals surface area contributed by atoms with Crippen LogP contribution >= 0.6 is 11.6 Å². The number of carbonyl (C=O) groups excluding carboxylic acids is 3. The molecule has 3 fully saturated rings. The van der Waals surface area contributed by atoms with Crippen LogP contribution in [0.4, 0.5) is 0 Å². The molecule has 1 saturated carbocycles. The normalized spacial score (nSPS) is 22.8. The van der Waals surface area contributed by atoms with Gasteiger partial charge in [0.15, 0.2) is 0 Å². The number of benzene rings is 2. The van der Waals surface area contributed by atoms with Crippen LogP contribution in [0.15, 0.2) is 54.6 Å². The van der Waals surface area contributed by atoms with Crippen molar-refractivity contribution < 1.29 is 14.4 Å². The molecule has 2 aromatic carbocycles. The number of carbonyl (C=O) groups is 3. The molecule has 0 spiro atoms. The molecule has 8 nitrogen and oxygen atoms in total. The second-order valence-corrected chi connectivity index (χ2v) is 11.5. The number of rotatable bonds is 8. The second-order valence-electron chi connectivity index (χ2n) is 11.0. The maximum absolute atomic E-state index is 13.5. The van der Waals surface area contributed by atoms with E-state index in [2.05, 4.69) is 39.8 Å². The summed E-state index contributed by atoms with van der Waals surface area (Å²) in [7, 11) is 2.02. The molecule has 2 aromatic rings. The third-order valence-electron chi connectivity index (χ3n) is 8.22. The summed E-state index contributed by atoms with van der Waals surface area (Å²) in [6.07, 6.45) is 2.89. The average Bonchev–Trinajstić information content (AvgIpc) is 3.73. The Bertz CT molecular complexity index is 1140. The molecular weight excluding hydrogens is 514 g/mol. The lowest BCUT2D eigenvalue weighted by molar-refractivity contribution is -0.140. The summed E-state index contributed by atoms with van der Waals surface area (Å²) >= 11 is 5.97. The molecule has 3 aliphatic rings. The number of halogens is 1. The maximum atomic E-state index is 13.5. The summed E-state index contributed by atoms with van der Waals surface area (Å²) in [5.41, 5.74) is 1.79. The summed E-state index contributed by atoms with van der Waals surface area (Å²) in [5, 5.41) is 7.16. The smallest absolute Gasteiger partial charge is 0.251 e. The molecule has 9 heteroatoms. The summed E-state index contributed by atoms with van der Waals surface area (Å²) in [6.45, 7) is 4.01. The molecule has 2 N–H and O–H groups in total. The van der Waals surface area contributed by atoms with E-state index in [1.807, 2.05) is 18.0 Å². The zero-order chi connectivity index (χ0) is 27.4. The van der Waals surface area contributed by atoms with Crippen molar-refractivity contribution in [3.8, 4) is 0 Å².